The molecule has 0 atom stereocenters. The van der Waals surface area contributed by atoms with E-state index >= 15 is 0 Å². The van der Waals surface area contributed by atoms with E-state index < -0.39 is 0 Å². The molecule has 1 amide bonds. The van der Waals surface area contributed by atoms with Crippen molar-refractivity contribution < 1.29 is 9.53 Å². The van der Waals surface area contributed by atoms with Gasteiger partial charge in [-0.25, -0.2) is 0 Å². The van der Waals surface area contributed by atoms with Crippen LogP contribution >= 0.6 is 0 Å². The topological polar surface area (TPSA) is 76.1 Å². The Labute approximate surface area is 152 Å². The van der Waals surface area contributed by atoms with Crippen LogP contribution < -0.4 is 15.4 Å². The minimum absolute atomic E-state index is 0.270. The van der Waals surface area contributed by atoms with Gasteiger partial charge >= 0.3 is 0 Å². The van der Waals surface area contributed by atoms with E-state index in [1.165, 1.54) is 5.56 Å². The summed E-state index contributed by atoms with van der Waals surface area (Å²) in [7, 11) is 1.56. The maximum atomic E-state index is 12.3. The van der Waals surface area contributed by atoms with Crippen molar-refractivity contribution in [3.63, 3.8) is 0 Å². The Kier molecular flexibility index (Phi) is 5.12. The molecule has 0 bridgehead atoms. The van der Waals surface area contributed by atoms with Crippen molar-refractivity contribution in [3.8, 4) is 5.75 Å². The van der Waals surface area contributed by atoms with Gasteiger partial charge in [-0.15, -0.1) is 10.2 Å². The Balaban J connectivity index is 1.68. The number of carbonyl (C=O) groups excluding carboxylic acids is 1. The van der Waals surface area contributed by atoms with Gasteiger partial charge in [0.15, 0.2) is 11.6 Å². The molecule has 0 aliphatic carbocycles. The summed E-state index contributed by atoms with van der Waals surface area (Å²) < 4.78 is 5.13. The number of carbonyl (C=O) groups is 1. The number of hydrogen-bond acceptors (Lipinski definition) is 5. The number of anilines is 3. The first-order valence-corrected chi connectivity index (χ1v) is 8.18. The number of hydrogen-bond donors (Lipinski definition) is 2. The standard InChI is InChI=1S/C20H20N4O2/c1-13-7-8-17(14(2)11-13)21-18-9-10-19(24-23-18)22-20(25)15-5-4-6-16(12-15)26-3/h4-12H,1-3H3,(H,21,23)(H,22,24,25). The zero-order valence-corrected chi connectivity index (χ0v) is 14.9. The van der Waals surface area contributed by atoms with E-state index in [9.17, 15) is 4.79 Å². The maximum Gasteiger partial charge on any atom is 0.256 e. The second kappa shape index (κ2) is 7.65. The number of rotatable bonds is 5. The summed E-state index contributed by atoms with van der Waals surface area (Å²) in [5, 5.41) is 14.1. The smallest absolute Gasteiger partial charge is 0.256 e. The molecular weight excluding hydrogens is 328 g/mol. The van der Waals surface area contributed by atoms with E-state index in [1.807, 2.05) is 19.1 Å². The third-order valence-corrected chi connectivity index (χ3v) is 3.88. The molecule has 6 heteroatoms. The fraction of sp³-hybridized carbons (Fsp3) is 0.150. The van der Waals surface area contributed by atoms with Crippen molar-refractivity contribution in [1.82, 2.24) is 10.2 Å². The summed E-state index contributed by atoms with van der Waals surface area (Å²) in [5.74, 6) is 1.34. The molecule has 0 saturated carbocycles. The van der Waals surface area contributed by atoms with Crippen molar-refractivity contribution in [2.75, 3.05) is 17.7 Å². The van der Waals surface area contributed by atoms with Crippen LogP contribution in [0.25, 0.3) is 0 Å². The van der Waals surface area contributed by atoms with Crippen molar-refractivity contribution in [2.24, 2.45) is 0 Å². The van der Waals surface area contributed by atoms with E-state index in [4.69, 9.17) is 4.74 Å². The Bertz CT molecular complexity index is 923. The van der Waals surface area contributed by atoms with Crippen LogP contribution in [0.4, 0.5) is 17.3 Å². The number of nitrogens with one attached hydrogen (secondary N) is 2. The molecule has 0 saturated heterocycles. The highest BCUT2D eigenvalue weighted by Gasteiger charge is 2.09. The molecule has 1 aromatic heterocycles. The molecule has 2 aromatic carbocycles. The summed E-state index contributed by atoms with van der Waals surface area (Å²) in [6.07, 6.45) is 0. The third kappa shape index (κ3) is 4.16. The van der Waals surface area contributed by atoms with Crippen LogP contribution in [-0.2, 0) is 0 Å². The Hall–Kier alpha value is -3.41. The summed E-state index contributed by atoms with van der Waals surface area (Å²) in [6, 6.07) is 16.5. The molecule has 0 aliphatic heterocycles. The highest BCUT2D eigenvalue weighted by Crippen LogP contribution is 2.20. The monoisotopic (exact) mass is 348 g/mol. The number of aryl methyl sites for hydroxylation is 2. The molecule has 132 valence electrons. The molecule has 3 rings (SSSR count). The largest absolute Gasteiger partial charge is 0.497 e. The molecule has 0 unspecified atom stereocenters. The van der Waals surface area contributed by atoms with Gasteiger partial charge in [0, 0.05) is 11.3 Å². The Morgan fingerprint density at radius 1 is 0.962 bits per heavy atom. The molecule has 26 heavy (non-hydrogen) atoms. The van der Waals surface area contributed by atoms with Crippen LogP contribution in [0.5, 0.6) is 5.75 Å². The molecule has 1 heterocycles. The Morgan fingerprint density at radius 2 is 1.73 bits per heavy atom. The quantitative estimate of drug-likeness (QED) is 0.726. The van der Waals surface area contributed by atoms with Crippen LogP contribution in [0.3, 0.4) is 0 Å². The van der Waals surface area contributed by atoms with Crippen molar-refractivity contribution in [1.29, 1.82) is 0 Å². The lowest BCUT2D eigenvalue weighted by Gasteiger charge is -2.10. The third-order valence-electron chi connectivity index (χ3n) is 3.88. The zero-order chi connectivity index (χ0) is 18.5. The van der Waals surface area contributed by atoms with E-state index in [0.29, 0.717) is 22.9 Å². The highest BCUT2D eigenvalue weighted by molar-refractivity contribution is 6.03. The summed E-state index contributed by atoms with van der Waals surface area (Å²) >= 11 is 0. The van der Waals surface area contributed by atoms with E-state index in [1.54, 1.807) is 43.5 Å². The molecule has 0 fully saturated rings. The van der Waals surface area contributed by atoms with Crippen LogP contribution in [0, 0.1) is 13.8 Å². The van der Waals surface area contributed by atoms with E-state index in [-0.39, 0.29) is 5.91 Å². The lowest BCUT2D eigenvalue weighted by molar-refractivity contribution is 0.102. The van der Waals surface area contributed by atoms with Crippen LogP contribution in [0.2, 0.25) is 0 Å². The highest BCUT2D eigenvalue weighted by atomic mass is 16.5. The number of ether oxygens (including phenoxy) is 1. The van der Waals surface area contributed by atoms with Gasteiger partial charge in [0.05, 0.1) is 7.11 Å². The van der Waals surface area contributed by atoms with Gasteiger partial charge in [0.2, 0.25) is 0 Å². The zero-order valence-electron chi connectivity index (χ0n) is 14.9. The van der Waals surface area contributed by atoms with Gasteiger partial charge in [-0.05, 0) is 55.8 Å². The molecule has 3 aromatic rings. The van der Waals surface area contributed by atoms with Gasteiger partial charge in [0.25, 0.3) is 5.91 Å². The number of amides is 1. The molecule has 0 spiro atoms. The lowest BCUT2D eigenvalue weighted by Crippen LogP contribution is -2.13. The van der Waals surface area contributed by atoms with Gasteiger partial charge < -0.3 is 15.4 Å². The fourth-order valence-corrected chi connectivity index (χ4v) is 2.51. The predicted molar refractivity (Wildman–Crippen MR) is 102 cm³/mol. The van der Waals surface area contributed by atoms with Crippen LogP contribution in [0.1, 0.15) is 21.5 Å². The van der Waals surface area contributed by atoms with Gasteiger partial charge in [-0.3, -0.25) is 4.79 Å². The second-order valence-corrected chi connectivity index (χ2v) is 5.93. The second-order valence-electron chi connectivity index (χ2n) is 5.93. The number of aromatic nitrogens is 2. The number of benzene rings is 2. The summed E-state index contributed by atoms with van der Waals surface area (Å²) in [5.41, 5.74) is 3.79. The number of nitrogens with zero attached hydrogens (tertiary/aromatic N) is 2. The fourth-order valence-electron chi connectivity index (χ4n) is 2.51. The van der Waals surface area contributed by atoms with Crippen molar-refractivity contribution in [3.05, 3.63) is 71.3 Å². The minimum Gasteiger partial charge on any atom is -0.497 e. The molecule has 6 nitrogen and oxygen atoms in total. The van der Waals surface area contributed by atoms with Crippen LogP contribution in [-0.4, -0.2) is 23.2 Å². The SMILES string of the molecule is COc1cccc(C(=O)Nc2ccc(Nc3ccc(C)cc3C)nn2)c1. The summed E-state index contributed by atoms with van der Waals surface area (Å²) in [4.78, 5) is 12.3. The molecule has 0 aliphatic rings. The first kappa shape index (κ1) is 17.4. The molecule has 2 N–H and O–H groups in total. The van der Waals surface area contributed by atoms with E-state index in [2.05, 4.69) is 33.8 Å². The van der Waals surface area contributed by atoms with Gasteiger partial charge in [-0.2, -0.15) is 0 Å². The summed E-state index contributed by atoms with van der Waals surface area (Å²) in [6.45, 7) is 4.09. The predicted octanol–water partition coefficient (Wildman–Crippen LogP) is 4.10. The average Bonchev–Trinajstić information content (AvgIpc) is 2.65. The lowest BCUT2D eigenvalue weighted by atomic mass is 10.1. The van der Waals surface area contributed by atoms with Crippen molar-refractivity contribution >= 4 is 23.2 Å². The minimum atomic E-state index is -0.270. The van der Waals surface area contributed by atoms with Crippen molar-refractivity contribution in [2.45, 2.75) is 13.8 Å². The molecule has 0 radical (unpaired) electrons. The maximum absolute atomic E-state index is 12.3. The first-order valence-electron chi connectivity index (χ1n) is 8.18. The van der Waals surface area contributed by atoms with Crippen LogP contribution in [0.15, 0.2) is 54.6 Å². The average molecular weight is 348 g/mol. The van der Waals surface area contributed by atoms with E-state index in [0.717, 1.165) is 11.3 Å². The normalized spacial score (nSPS) is 10.3. The van der Waals surface area contributed by atoms with Gasteiger partial charge in [-0.1, -0.05) is 23.8 Å². The first-order chi connectivity index (χ1) is 12.5. The number of methoxy groups -OCH3 is 1. The van der Waals surface area contributed by atoms with Gasteiger partial charge in [0.1, 0.15) is 5.75 Å². The Morgan fingerprint density at radius 3 is 2.42 bits per heavy atom. The molecular formula is C20H20N4O2.